The van der Waals surface area contributed by atoms with Crippen molar-refractivity contribution in [3.05, 3.63) is 65.8 Å². The van der Waals surface area contributed by atoms with Gasteiger partial charge in [-0.25, -0.2) is 4.98 Å². The van der Waals surface area contributed by atoms with Crippen molar-refractivity contribution in [2.75, 3.05) is 24.3 Å². The van der Waals surface area contributed by atoms with Gasteiger partial charge in [-0.15, -0.1) is 0 Å². The van der Waals surface area contributed by atoms with Crippen molar-refractivity contribution < 1.29 is 18.7 Å². The molecule has 0 atom stereocenters. The Balaban J connectivity index is 1.85. The van der Waals surface area contributed by atoms with E-state index in [4.69, 9.17) is 15.2 Å². The first-order valence-corrected chi connectivity index (χ1v) is 8.45. The minimum absolute atomic E-state index is 0.0492. The molecular weight excluding hydrogens is 363 g/mol. The number of ether oxygens (including phenoxy) is 2. The van der Waals surface area contributed by atoms with Crippen molar-refractivity contribution in [3.8, 4) is 11.1 Å². The Labute approximate surface area is 161 Å². The number of carbonyl (C=O) groups excluding carboxylic acids is 1. The van der Waals surface area contributed by atoms with Crippen LogP contribution in [0.3, 0.4) is 0 Å². The van der Waals surface area contributed by atoms with E-state index < -0.39 is 11.9 Å². The monoisotopic (exact) mass is 382 g/mol. The van der Waals surface area contributed by atoms with Crippen molar-refractivity contribution in [2.45, 2.75) is 6.92 Å². The number of benzene rings is 1. The summed E-state index contributed by atoms with van der Waals surface area (Å²) in [7, 11) is 0. The highest BCUT2D eigenvalue weighted by Crippen LogP contribution is 2.27. The number of nitrogens with one attached hydrogen (secondary N) is 1. The highest BCUT2D eigenvalue weighted by Gasteiger charge is 2.15. The lowest BCUT2D eigenvalue weighted by molar-refractivity contribution is -0.112. The maximum absolute atomic E-state index is 13.0. The number of nitrogen functional groups attached to an aromatic ring is 1. The Hall–Kier alpha value is -3.68. The Morgan fingerprint density at radius 1 is 1.29 bits per heavy atom. The van der Waals surface area contributed by atoms with E-state index in [0.717, 1.165) is 5.56 Å². The van der Waals surface area contributed by atoms with E-state index in [1.54, 1.807) is 31.2 Å². The highest BCUT2D eigenvalue weighted by molar-refractivity contribution is 6.06. The van der Waals surface area contributed by atoms with Crippen LogP contribution in [0.4, 0.5) is 15.8 Å². The summed E-state index contributed by atoms with van der Waals surface area (Å²) in [5.41, 5.74) is 8.18. The molecule has 1 aromatic heterocycles. The summed E-state index contributed by atoms with van der Waals surface area (Å²) < 4.78 is 23.9. The zero-order chi connectivity index (χ0) is 20.1. The van der Waals surface area contributed by atoms with E-state index in [1.165, 1.54) is 18.3 Å². The minimum Gasteiger partial charge on any atom is -0.491 e. The van der Waals surface area contributed by atoms with Gasteiger partial charge in [0.1, 0.15) is 24.7 Å². The number of aliphatic imine (C=N–C) groups is 1. The van der Waals surface area contributed by atoms with Crippen LogP contribution in [0.25, 0.3) is 11.1 Å². The molecule has 1 aliphatic rings. The number of aromatic nitrogens is 1. The normalized spacial score (nSPS) is 14.1. The van der Waals surface area contributed by atoms with Crippen LogP contribution < -0.4 is 11.1 Å². The van der Waals surface area contributed by atoms with Crippen LogP contribution in [-0.4, -0.2) is 30.8 Å². The second-order valence-corrected chi connectivity index (χ2v) is 5.93. The molecule has 0 saturated carbocycles. The summed E-state index contributed by atoms with van der Waals surface area (Å²) in [6.07, 6.45) is 2.86. The number of allylic oxidation sites excluding steroid dienone is 2. The van der Waals surface area contributed by atoms with E-state index in [1.807, 2.05) is 0 Å². The Morgan fingerprint density at radius 2 is 2.04 bits per heavy atom. The van der Waals surface area contributed by atoms with E-state index in [-0.39, 0.29) is 5.70 Å². The summed E-state index contributed by atoms with van der Waals surface area (Å²) in [5.74, 6) is -0.1000. The van der Waals surface area contributed by atoms with Crippen molar-refractivity contribution in [2.24, 2.45) is 4.99 Å². The topological polar surface area (TPSA) is 98.8 Å². The maximum Gasteiger partial charge on any atom is 0.274 e. The van der Waals surface area contributed by atoms with E-state index in [9.17, 15) is 9.18 Å². The molecule has 8 heteroatoms. The van der Waals surface area contributed by atoms with Crippen LogP contribution in [0.15, 0.2) is 64.8 Å². The smallest absolute Gasteiger partial charge is 0.274 e. The standard InChI is InChI=1S/C20H19FN4O3/c1-12-18(28-8-7-27-12)10-17(23-2)20(26)25-16-9-13(3-5-15(16)22)14-4-6-19(21)24-11-14/h3-6,9-11H,2,7-8,22H2,1H3,(H,25,26)/b17-10-. The molecule has 3 N–H and O–H groups in total. The number of carbonyl (C=O) groups is 1. The van der Waals surface area contributed by atoms with Gasteiger partial charge in [0, 0.05) is 17.8 Å². The average molecular weight is 382 g/mol. The van der Waals surface area contributed by atoms with Crippen molar-refractivity contribution in [3.63, 3.8) is 0 Å². The van der Waals surface area contributed by atoms with E-state index in [0.29, 0.717) is 41.7 Å². The zero-order valence-corrected chi connectivity index (χ0v) is 15.2. The van der Waals surface area contributed by atoms with Crippen LogP contribution in [0.5, 0.6) is 0 Å². The van der Waals surface area contributed by atoms with Gasteiger partial charge in [-0.05, 0) is 43.5 Å². The first-order valence-electron chi connectivity index (χ1n) is 8.45. The zero-order valence-electron chi connectivity index (χ0n) is 15.2. The van der Waals surface area contributed by atoms with Gasteiger partial charge < -0.3 is 20.5 Å². The lowest BCUT2D eigenvalue weighted by atomic mass is 10.1. The predicted molar refractivity (Wildman–Crippen MR) is 105 cm³/mol. The van der Waals surface area contributed by atoms with Crippen molar-refractivity contribution >= 4 is 24.0 Å². The van der Waals surface area contributed by atoms with Crippen molar-refractivity contribution in [1.82, 2.24) is 4.98 Å². The second-order valence-electron chi connectivity index (χ2n) is 5.93. The number of pyridine rings is 1. The summed E-state index contributed by atoms with van der Waals surface area (Å²) >= 11 is 0. The third kappa shape index (κ3) is 4.35. The summed E-state index contributed by atoms with van der Waals surface area (Å²) in [6, 6.07) is 7.92. The number of hydrogen-bond acceptors (Lipinski definition) is 6. The molecule has 0 saturated heterocycles. The summed E-state index contributed by atoms with van der Waals surface area (Å²) in [4.78, 5) is 20.0. The molecule has 2 aromatic rings. The Kier molecular flexibility index (Phi) is 5.69. The van der Waals surface area contributed by atoms with Gasteiger partial charge in [0.15, 0.2) is 5.76 Å². The third-order valence-corrected chi connectivity index (χ3v) is 4.04. The molecule has 0 aliphatic carbocycles. The van der Waals surface area contributed by atoms with E-state index in [2.05, 4.69) is 22.0 Å². The molecule has 1 aliphatic heterocycles. The average Bonchev–Trinajstić information content (AvgIpc) is 2.69. The van der Waals surface area contributed by atoms with Gasteiger partial charge in [0.2, 0.25) is 5.95 Å². The number of nitrogens with two attached hydrogens (primary N) is 1. The van der Waals surface area contributed by atoms with Gasteiger partial charge >= 0.3 is 0 Å². The van der Waals surface area contributed by atoms with Crippen LogP contribution in [0, 0.1) is 5.95 Å². The fourth-order valence-electron chi connectivity index (χ4n) is 2.55. The Morgan fingerprint density at radius 3 is 2.71 bits per heavy atom. The molecule has 0 fully saturated rings. The molecule has 28 heavy (non-hydrogen) atoms. The fraction of sp³-hybridized carbons (Fsp3) is 0.150. The van der Waals surface area contributed by atoms with Crippen LogP contribution >= 0.6 is 0 Å². The SMILES string of the molecule is C=N/C(=C\C1=C(C)OCCO1)C(=O)Nc1cc(-c2ccc(F)nc2)ccc1N. The number of amides is 1. The largest absolute Gasteiger partial charge is 0.491 e. The van der Waals surface area contributed by atoms with Crippen LogP contribution in [-0.2, 0) is 14.3 Å². The molecular formula is C20H19FN4O3. The first-order chi connectivity index (χ1) is 13.5. The quantitative estimate of drug-likeness (QED) is 0.358. The Bertz CT molecular complexity index is 968. The predicted octanol–water partition coefficient (Wildman–Crippen LogP) is 3.27. The number of halogens is 1. The van der Waals surface area contributed by atoms with Gasteiger partial charge in [0.25, 0.3) is 5.91 Å². The number of nitrogens with zero attached hydrogens (tertiary/aromatic N) is 2. The number of rotatable bonds is 5. The summed E-state index contributed by atoms with van der Waals surface area (Å²) in [5, 5.41) is 2.71. The molecule has 0 bridgehead atoms. The molecule has 0 radical (unpaired) electrons. The molecule has 144 valence electrons. The molecule has 0 spiro atoms. The van der Waals surface area contributed by atoms with Gasteiger partial charge in [0.05, 0.1) is 11.4 Å². The van der Waals surface area contributed by atoms with Crippen LogP contribution in [0.2, 0.25) is 0 Å². The third-order valence-electron chi connectivity index (χ3n) is 4.04. The van der Waals surface area contributed by atoms with Crippen LogP contribution in [0.1, 0.15) is 6.92 Å². The first kappa shape index (κ1) is 19.1. The highest BCUT2D eigenvalue weighted by atomic mass is 19.1. The lowest BCUT2D eigenvalue weighted by Gasteiger charge is -2.18. The van der Waals surface area contributed by atoms with Gasteiger partial charge in [-0.3, -0.25) is 9.79 Å². The molecule has 1 amide bonds. The molecule has 1 aromatic carbocycles. The summed E-state index contributed by atoms with van der Waals surface area (Å²) in [6.45, 7) is 6.01. The second kappa shape index (κ2) is 8.34. The molecule has 2 heterocycles. The molecule has 7 nitrogen and oxygen atoms in total. The fourth-order valence-corrected chi connectivity index (χ4v) is 2.55. The maximum atomic E-state index is 13.0. The number of hydrogen-bond donors (Lipinski definition) is 2. The van der Waals surface area contributed by atoms with Gasteiger partial charge in [-0.1, -0.05) is 6.07 Å². The van der Waals surface area contributed by atoms with E-state index >= 15 is 0 Å². The number of anilines is 2. The minimum atomic E-state index is -0.571. The van der Waals surface area contributed by atoms with Crippen molar-refractivity contribution in [1.29, 1.82) is 0 Å². The molecule has 3 rings (SSSR count). The van der Waals surface area contributed by atoms with Gasteiger partial charge in [-0.2, -0.15) is 4.39 Å². The molecule has 0 unspecified atom stereocenters. The lowest BCUT2D eigenvalue weighted by Crippen LogP contribution is -2.16.